The van der Waals surface area contributed by atoms with Crippen molar-refractivity contribution in [3.8, 4) is 0 Å². The summed E-state index contributed by atoms with van der Waals surface area (Å²) in [5.41, 5.74) is 1.48. The zero-order chi connectivity index (χ0) is 11.7. The molecule has 0 aliphatic heterocycles. The molecule has 1 aromatic carbocycles. The van der Waals surface area contributed by atoms with Gasteiger partial charge in [-0.3, -0.25) is 0 Å². The van der Waals surface area contributed by atoms with Gasteiger partial charge in [-0.1, -0.05) is 12.1 Å². The van der Waals surface area contributed by atoms with E-state index < -0.39 is 13.1 Å². The molecule has 1 aromatic rings. The second-order valence-electron chi connectivity index (χ2n) is 3.99. The Kier molecular flexibility index (Phi) is 2.98. The Balaban J connectivity index is 2.40. The lowest BCUT2D eigenvalue weighted by Gasteiger charge is -2.09. The normalized spacial score (nSPS) is 14.7. The number of carbonyl (C=O) groups is 1. The second kappa shape index (κ2) is 4.27. The summed E-state index contributed by atoms with van der Waals surface area (Å²) in [6, 6.07) is 5.11. The molecule has 0 spiro atoms. The van der Waals surface area contributed by atoms with E-state index in [2.05, 4.69) is 4.74 Å². The molecule has 1 saturated carbocycles. The molecule has 0 heterocycles. The lowest BCUT2D eigenvalue weighted by Crippen LogP contribution is -2.35. The van der Waals surface area contributed by atoms with Gasteiger partial charge in [0.05, 0.1) is 12.7 Å². The molecule has 16 heavy (non-hydrogen) atoms. The van der Waals surface area contributed by atoms with Gasteiger partial charge in [0.25, 0.3) is 0 Å². The van der Waals surface area contributed by atoms with E-state index in [9.17, 15) is 14.8 Å². The van der Waals surface area contributed by atoms with E-state index in [-0.39, 0.29) is 11.0 Å². The van der Waals surface area contributed by atoms with Gasteiger partial charge in [0.2, 0.25) is 0 Å². The Morgan fingerprint density at radius 1 is 1.44 bits per heavy atom. The van der Waals surface area contributed by atoms with Crippen LogP contribution >= 0.6 is 0 Å². The predicted molar refractivity (Wildman–Crippen MR) is 59.6 cm³/mol. The van der Waals surface area contributed by atoms with Crippen LogP contribution in [-0.2, 0) is 4.74 Å². The van der Waals surface area contributed by atoms with Gasteiger partial charge in [-0.2, -0.15) is 0 Å². The third-order valence-electron chi connectivity index (χ3n) is 2.81. The van der Waals surface area contributed by atoms with Gasteiger partial charge in [0.15, 0.2) is 0 Å². The van der Waals surface area contributed by atoms with Crippen LogP contribution in [0.2, 0.25) is 0 Å². The molecule has 4 nitrogen and oxygen atoms in total. The van der Waals surface area contributed by atoms with Crippen molar-refractivity contribution >= 4 is 18.6 Å². The maximum absolute atomic E-state index is 11.4. The van der Waals surface area contributed by atoms with Crippen molar-refractivity contribution in [1.29, 1.82) is 0 Å². The van der Waals surface area contributed by atoms with Crippen molar-refractivity contribution in [2.24, 2.45) is 0 Å². The summed E-state index contributed by atoms with van der Waals surface area (Å²) in [6.45, 7) is 0. The highest BCUT2D eigenvalue weighted by atomic mass is 16.5. The zero-order valence-electron chi connectivity index (χ0n) is 9.01. The fourth-order valence-corrected chi connectivity index (χ4v) is 1.76. The number of hydrogen-bond donors (Lipinski definition) is 2. The van der Waals surface area contributed by atoms with E-state index >= 15 is 0 Å². The average molecular weight is 220 g/mol. The number of methoxy groups -OCH3 is 1. The summed E-state index contributed by atoms with van der Waals surface area (Å²) < 4.78 is 4.58. The first-order valence-corrected chi connectivity index (χ1v) is 5.21. The fourth-order valence-electron chi connectivity index (χ4n) is 1.76. The van der Waals surface area contributed by atoms with Crippen LogP contribution in [0.25, 0.3) is 0 Å². The fraction of sp³-hybridized carbons (Fsp3) is 0.364. The molecule has 2 rings (SSSR count). The zero-order valence-corrected chi connectivity index (χ0v) is 9.01. The van der Waals surface area contributed by atoms with Gasteiger partial charge in [-0.05, 0) is 35.9 Å². The molecule has 0 atom stereocenters. The highest BCUT2D eigenvalue weighted by Gasteiger charge is 2.27. The van der Waals surface area contributed by atoms with Gasteiger partial charge in [-0.15, -0.1) is 0 Å². The monoisotopic (exact) mass is 220 g/mol. The van der Waals surface area contributed by atoms with Gasteiger partial charge in [-0.25, -0.2) is 4.79 Å². The van der Waals surface area contributed by atoms with E-state index in [4.69, 9.17) is 0 Å². The summed E-state index contributed by atoms with van der Waals surface area (Å²) in [6.07, 6.45) is 2.25. The summed E-state index contributed by atoms with van der Waals surface area (Å²) in [7, 11) is -0.377. The number of benzene rings is 1. The average Bonchev–Trinajstić information content (AvgIpc) is 3.11. The van der Waals surface area contributed by atoms with Gasteiger partial charge < -0.3 is 14.8 Å². The molecule has 0 aromatic heterocycles. The van der Waals surface area contributed by atoms with E-state index in [1.807, 2.05) is 6.07 Å². The van der Waals surface area contributed by atoms with Gasteiger partial charge >= 0.3 is 13.1 Å². The Hall–Kier alpha value is -1.33. The summed E-state index contributed by atoms with van der Waals surface area (Å²) >= 11 is 0. The van der Waals surface area contributed by atoms with Crippen molar-refractivity contribution in [2.45, 2.75) is 18.8 Å². The van der Waals surface area contributed by atoms with Crippen LogP contribution in [0.5, 0.6) is 0 Å². The molecule has 1 fully saturated rings. The molecule has 0 saturated heterocycles. The molecular weight excluding hydrogens is 207 g/mol. The van der Waals surface area contributed by atoms with Crippen LogP contribution < -0.4 is 5.46 Å². The highest BCUT2D eigenvalue weighted by Crippen LogP contribution is 2.39. The van der Waals surface area contributed by atoms with Crippen molar-refractivity contribution in [3.63, 3.8) is 0 Å². The van der Waals surface area contributed by atoms with Crippen LogP contribution in [0.3, 0.4) is 0 Å². The molecule has 0 unspecified atom stereocenters. The Labute approximate surface area is 94.0 Å². The molecule has 0 radical (unpaired) electrons. The minimum absolute atomic E-state index is 0.210. The molecular formula is C11H13BO4. The Morgan fingerprint density at radius 2 is 2.12 bits per heavy atom. The van der Waals surface area contributed by atoms with Crippen LogP contribution in [0, 0.1) is 0 Å². The topological polar surface area (TPSA) is 66.8 Å². The molecule has 2 N–H and O–H groups in total. The smallest absolute Gasteiger partial charge is 0.465 e. The third kappa shape index (κ3) is 2.10. The maximum atomic E-state index is 11.4. The largest absolute Gasteiger partial charge is 0.489 e. The second-order valence-corrected chi connectivity index (χ2v) is 3.99. The third-order valence-corrected chi connectivity index (χ3v) is 2.81. The van der Waals surface area contributed by atoms with Crippen LogP contribution in [0.1, 0.15) is 34.7 Å². The maximum Gasteiger partial charge on any atom is 0.489 e. The van der Waals surface area contributed by atoms with Crippen molar-refractivity contribution in [2.75, 3.05) is 7.11 Å². The summed E-state index contributed by atoms with van der Waals surface area (Å²) in [5.74, 6) is -0.0466. The Bertz CT molecular complexity index is 412. The standard InChI is InChI=1S/C11H13BO4/c1-16-11(13)9-5-4-8(7-2-3-7)6-10(9)12(14)15/h4-7,14-15H,2-3H2,1H3. The lowest BCUT2D eigenvalue weighted by molar-refractivity contribution is 0.0601. The van der Waals surface area contributed by atoms with Crippen molar-refractivity contribution in [1.82, 2.24) is 0 Å². The van der Waals surface area contributed by atoms with Crippen LogP contribution in [-0.4, -0.2) is 30.2 Å². The number of ether oxygens (including phenoxy) is 1. The SMILES string of the molecule is COC(=O)c1ccc(C2CC2)cc1B(O)O. The van der Waals surface area contributed by atoms with Gasteiger partial charge in [0.1, 0.15) is 0 Å². The first kappa shape index (κ1) is 11.2. The van der Waals surface area contributed by atoms with E-state index in [1.54, 1.807) is 12.1 Å². The first-order valence-electron chi connectivity index (χ1n) is 5.21. The number of rotatable bonds is 3. The molecule has 1 aliphatic rings. The molecule has 0 bridgehead atoms. The minimum Gasteiger partial charge on any atom is -0.465 e. The van der Waals surface area contributed by atoms with Crippen LogP contribution in [0.15, 0.2) is 18.2 Å². The minimum atomic E-state index is -1.65. The quantitative estimate of drug-likeness (QED) is 0.557. The number of carbonyl (C=O) groups excluding carboxylic acids is 1. The number of hydrogen-bond acceptors (Lipinski definition) is 4. The molecule has 0 amide bonds. The van der Waals surface area contributed by atoms with E-state index in [1.165, 1.54) is 7.11 Å². The van der Waals surface area contributed by atoms with Crippen LogP contribution in [0.4, 0.5) is 0 Å². The summed E-state index contributed by atoms with van der Waals surface area (Å²) in [5, 5.41) is 18.4. The van der Waals surface area contributed by atoms with Gasteiger partial charge in [0, 0.05) is 0 Å². The Morgan fingerprint density at radius 3 is 2.62 bits per heavy atom. The van der Waals surface area contributed by atoms with Crippen molar-refractivity contribution < 1.29 is 19.6 Å². The van der Waals surface area contributed by atoms with Crippen molar-refractivity contribution in [3.05, 3.63) is 29.3 Å². The molecule has 5 heteroatoms. The number of esters is 1. The predicted octanol–water partition coefficient (Wildman–Crippen LogP) is 0.0304. The first-order chi connectivity index (χ1) is 7.63. The summed E-state index contributed by atoms with van der Waals surface area (Å²) in [4.78, 5) is 11.4. The lowest BCUT2D eigenvalue weighted by atomic mass is 9.76. The van der Waals surface area contributed by atoms with E-state index in [0.29, 0.717) is 5.92 Å². The molecule has 84 valence electrons. The van der Waals surface area contributed by atoms with E-state index in [0.717, 1.165) is 18.4 Å². The molecule has 1 aliphatic carbocycles. The highest BCUT2D eigenvalue weighted by molar-refractivity contribution is 6.60.